The molecule has 0 fully saturated rings. The maximum Gasteiger partial charge on any atom is 0.153 e. The molecule has 4 rings (SSSR count). The second-order valence-corrected chi connectivity index (χ2v) is 11.5. The van der Waals surface area contributed by atoms with Crippen LogP contribution in [0.3, 0.4) is 0 Å². The summed E-state index contributed by atoms with van der Waals surface area (Å²) in [7, 11) is -1.82. The zero-order chi connectivity index (χ0) is 22.9. The molecule has 4 aromatic carbocycles. The summed E-state index contributed by atoms with van der Waals surface area (Å²) in [5, 5.41) is 14.0. The van der Waals surface area contributed by atoms with E-state index in [2.05, 4.69) is 91.0 Å². The van der Waals surface area contributed by atoms with Crippen LogP contribution in [0.1, 0.15) is 23.2 Å². The molecule has 0 aliphatic carbocycles. The van der Waals surface area contributed by atoms with Gasteiger partial charge in [0.1, 0.15) is 34.7 Å². The maximum atomic E-state index is 10.9. The molecule has 0 spiro atoms. The van der Waals surface area contributed by atoms with Crippen molar-refractivity contribution >= 4 is 29.5 Å². The van der Waals surface area contributed by atoms with Gasteiger partial charge in [-0.2, -0.15) is 0 Å². The van der Waals surface area contributed by atoms with Gasteiger partial charge in [-0.1, -0.05) is 54.6 Å². The van der Waals surface area contributed by atoms with Gasteiger partial charge in [0, 0.05) is 6.07 Å². The highest BCUT2D eigenvalue weighted by molar-refractivity contribution is 7.95. The topological polar surface area (TPSA) is 46.5 Å². The average Bonchev–Trinajstić information content (AvgIpc) is 2.88. The van der Waals surface area contributed by atoms with Crippen molar-refractivity contribution in [3.05, 3.63) is 115 Å². The summed E-state index contributed by atoms with van der Waals surface area (Å²) in [5.41, 5.74) is 0.269. The van der Waals surface area contributed by atoms with Crippen LogP contribution < -0.4 is 37.6 Å². The van der Waals surface area contributed by atoms with E-state index >= 15 is 0 Å². The van der Waals surface area contributed by atoms with E-state index < -0.39 is 7.26 Å². The summed E-state index contributed by atoms with van der Waals surface area (Å²) in [5.74, 6) is 0.526. The van der Waals surface area contributed by atoms with Crippen LogP contribution in [0, 0.1) is 0 Å². The van der Waals surface area contributed by atoms with Crippen LogP contribution in [0.5, 0.6) is 11.5 Å². The second-order valence-electron chi connectivity index (χ2n) is 7.93. The van der Waals surface area contributed by atoms with Crippen LogP contribution in [-0.4, -0.2) is 24.2 Å². The molecule has 4 aromatic rings. The van der Waals surface area contributed by atoms with E-state index in [4.69, 9.17) is 4.74 Å². The Hall–Kier alpha value is -2.94. The predicted molar refractivity (Wildman–Crippen MR) is 138 cm³/mol. The summed E-state index contributed by atoms with van der Waals surface area (Å²) >= 11 is 0. The molecule has 0 saturated heterocycles. The lowest BCUT2D eigenvalue weighted by Gasteiger charge is -2.27. The van der Waals surface area contributed by atoms with E-state index in [0.29, 0.717) is 18.6 Å². The first-order valence-corrected chi connectivity index (χ1v) is 13.2. The number of halogens is 1. The largest absolute Gasteiger partial charge is 1.00 e. The fraction of sp³-hybridized carbons (Fsp3) is 0.138. The molecule has 0 aromatic heterocycles. The average molecular weight is 535 g/mol. The number of benzene rings is 4. The standard InChI is InChI=1S/C29H27O3P.BrH/c30-23-24-18-19-25(22-29(24)31)32-20-10-11-21-33(26-12-4-1-5-13-26,27-14-6-2-7-15-27)28-16-8-3-9-17-28;/h1-9,12-19,22-23H,10-11,20-21H2;1H. The third kappa shape index (κ3) is 5.75. The van der Waals surface area contributed by atoms with Gasteiger partial charge < -0.3 is 26.8 Å². The maximum absolute atomic E-state index is 10.9. The number of carbonyl (C=O) groups excluding carboxylic acids is 1. The molecular weight excluding hydrogens is 507 g/mol. The van der Waals surface area contributed by atoms with Gasteiger partial charge in [0.05, 0.1) is 18.3 Å². The van der Waals surface area contributed by atoms with Crippen molar-refractivity contribution in [3.8, 4) is 11.5 Å². The second kappa shape index (κ2) is 12.5. The van der Waals surface area contributed by atoms with Crippen LogP contribution in [0.25, 0.3) is 0 Å². The number of phenolic OH excluding ortho intramolecular Hbond substituents is 1. The van der Waals surface area contributed by atoms with Gasteiger partial charge in [-0.25, -0.2) is 0 Å². The summed E-state index contributed by atoms with van der Waals surface area (Å²) < 4.78 is 5.85. The number of hydrogen-bond acceptors (Lipinski definition) is 3. The molecule has 0 heterocycles. The van der Waals surface area contributed by atoms with Gasteiger partial charge in [-0.05, 0) is 61.4 Å². The first kappa shape index (κ1) is 25.7. The van der Waals surface area contributed by atoms with E-state index in [0.717, 1.165) is 19.0 Å². The normalized spacial score (nSPS) is 10.8. The minimum atomic E-state index is -1.82. The zero-order valence-corrected chi connectivity index (χ0v) is 21.4. The van der Waals surface area contributed by atoms with Gasteiger partial charge in [-0.15, -0.1) is 0 Å². The third-order valence-corrected chi connectivity index (χ3v) is 10.4. The van der Waals surface area contributed by atoms with Crippen LogP contribution >= 0.6 is 7.26 Å². The highest BCUT2D eigenvalue weighted by Crippen LogP contribution is 2.55. The van der Waals surface area contributed by atoms with Crippen molar-refractivity contribution < 1.29 is 31.6 Å². The summed E-state index contributed by atoms with van der Waals surface area (Å²) in [4.78, 5) is 10.9. The lowest BCUT2D eigenvalue weighted by atomic mass is 10.2. The molecule has 0 amide bonds. The van der Waals surface area contributed by atoms with Crippen molar-refractivity contribution in [2.24, 2.45) is 0 Å². The molecule has 3 nitrogen and oxygen atoms in total. The van der Waals surface area contributed by atoms with Crippen molar-refractivity contribution in [2.45, 2.75) is 12.8 Å². The number of unbranched alkanes of at least 4 members (excludes halogenated alkanes) is 1. The Balaban J connectivity index is 0.00000324. The zero-order valence-electron chi connectivity index (χ0n) is 18.9. The summed E-state index contributed by atoms with van der Waals surface area (Å²) in [6, 6.07) is 37.4. The predicted octanol–water partition coefficient (Wildman–Crippen LogP) is 2.36. The number of hydrogen-bond donors (Lipinski definition) is 1. The lowest BCUT2D eigenvalue weighted by molar-refractivity contribution is -0.0000147. The first-order valence-electron chi connectivity index (χ1n) is 11.2. The Morgan fingerprint density at radius 3 is 1.65 bits per heavy atom. The van der Waals surface area contributed by atoms with Crippen molar-refractivity contribution in [1.82, 2.24) is 0 Å². The molecule has 0 aliphatic heterocycles. The van der Waals surface area contributed by atoms with E-state index in [1.165, 1.54) is 22.0 Å². The SMILES string of the molecule is O=Cc1ccc(OCCCC[P+](c2ccccc2)(c2ccccc2)c2ccccc2)cc1O.[Br-]. The number of ether oxygens (including phenoxy) is 1. The fourth-order valence-electron chi connectivity index (χ4n) is 4.24. The summed E-state index contributed by atoms with van der Waals surface area (Å²) in [6.07, 6.45) is 3.58. The van der Waals surface area contributed by atoms with E-state index in [1.807, 2.05) is 0 Å². The molecular formula is C29H28BrO3P. The van der Waals surface area contributed by atoms with Gasteiger partial charge in [-0.3, -0.25) is 4.79 Å². The number of carbonyl (C=O) groups is 1. The monoisotopic (exact) mass is 534 g/mol. The van der Waals surface area contributed by atoms with Crippen molar-refractivity contribution in [3.63, 3.8) is 0 Å². The fourth-order valence-corrected chi connectivity index (χ4v) is 8.65. The van der Waals surface area contributed by atoms with Crippen LogP contribution in [0.15, 0.2) is 109 Å². The Bertz CT molecular complexity index is 1070. The quantitative estimate of drug-likeness (QED) is 0.193. The van der Waals surface area contributed by atoms with Gasteiger partial charge in [0.2, 0.25) is 0 Å². The van der Waals surface area contributed by atoms with Gasteiger partial charge in [0.15, 0.2) is 6.29 Å². The number of aromatic hydroxyl groups is 1. The van der Waals surface area contributed by atoms with E-state index in [9.17, 15) is 9.90 Å². The summed E-state index contributed by atoms with van der Waals surface area (Å²) in [6.45, 7) is 0.554. The smallest absolute Gasteiger partial charge is 0.153 e. The van der Waals surface area contributed by atoms with Gasteiger partial charge >= 0.3 is 0 Å². The molecule has 0 unspecified atom stereocenters. The molecule has 174 valence electrons. The molecule has 0 aliphatic rings. The van der Waals surface area contributed by atoms with Crippen molar-refractivity contribution in [2.75, 3.05) is 12.8 Å². The molecule has 0 atom stereocenters. The highest BCUT2D eigenvalue weighted by atomic mass is 79.9. The minimum absolute atomic E-state index is 0. The molecule has 0 radical (unpaired) electrons. The Labute approximate surface area is 212 Å². The van der Waals surface area contributed by atoms with E-state index in [-0.39, 0.29) is 28.3 Å². The van der Waals surface area contributed by atoms with Crippen LogP contribution in [0.4, 0.5) is 0 Å². The van der Waals surface area contributed by atoms with Crippen LogP contribution in [0.2, 0.25) is 0 Å². The molecule has 5 heteroatoms. The number of rotatable bonds is 10. The minimum Gasteiger partial charge on any atom is -1.00 e. The van der Waals surface area contributed by atoms with Gasteiger partial charge in [0.25, 0.3) is 0 Å². The molecule has 0 bridgehead atoms. The Morgan fingerprint density at radius 2 is 1.21 bits per heavy atom. The number of phenols is 1. The van der Waals surface area contributed by atoms with Crippen LogP contribution in [-0.2, 0) is 0 Å². The Morgan fingerprint density at radius 1 is 0.706 bits per heavy atom. The van der Waals surface area contributed by atoms with E-state index in [1.54, 1.807) is 12.1 Å². The number of aldehydes is 1. The highest BCUT2D eigenvalue weighted by Gasteiger charge is 2.44. The molecule has 0 saturated carbocycles. The first-order chi connectivity index (χ1) is 16.2. The molecule has 1 N–H and O–H groups in total. The third-order valence-electron chi connectivity index (χ3n) is 5.88. The lowest BCUT2D eigenvalue weighted by Crippen LogP contribution is -3.00. The Kier molecular flexibility index (Phi) is 9.44. The van der Waals surface area contributed by atoms with Crippen molar-refractivity contribution in [1.29, 1.82) is 0 Å². The molecule has 34 heavy (non-hydrogen) atoms.